The highest BCUT2D eigenvalue weighted by Gasteiger charge is 2.25. The molecular formula is C18H18BrN3O. The maximum Gasteiger partial charge on any atom is 0.142 e. The van der Waals surface area contributed by atoms with Crippen molar-refractivity contribution >= 4 is 21.7 Å². The molecule has 1 aliphatic carbocycles. The van der Waals surface area contributed by atoms with Crippen LogP contribution in [0, 0.1) is 17.2 Å². The van der Waals surface area contributed by atoms with E-state index in [2.05, 4.69) is 33.9 Å². The maximum atomic E-state index is 9.59. The van der Waals surface area contributed by atoms with Crippen molar-refractivity contribution in [3.8, 4) is 22.9 Å². The van der Waals surface area contributed by atoms with Gasteiger partial charge in [-0.15, -0.1) is 0 Å². The summed E-state index contributed by atoms with van der Waals surface area (Å²) in [5.41, 5.74) is 10.6. The van der Waals surface area contributed by atoms with Crippen LogP contribution < -0.4 is 10.5 Å². The van der Waals surface area contributed by atoms with E-state index in [1.54, 1.807) is 7.11 Å². The summed E-state index contributed by atoms with van der Waals surface area (Å²) in [5.74, 6) is 1.67. The van der Waals surface area contributed by atoms with Crippen LogP contribution in [0.2, 0.25) is 0 Å². The number of anilines is 1. The van der Waals surface area contributed by atoms with Crippen molar-refractivity contribution in [1.29, 1.82) is 5.26 Å². The number of nitrogen functional groups attached to an aromatic ring is 1. The fourth-order valence-electron chi connectivity index (χ4n) is 3.21. The van der Waals surface area contributed by atoms with Crippen LogP contribution in [0.3, 0.4) is 0 Å². The Hall–Kier alpha value is -2.06. The largest absolute Gasteiger partial charge is 0.496 e. The van der Waals surface area contributed by atoms with Gasteiger partial charge >= 0.3 is 0 Å². The number of fused-ring (bicyclic) bond motifs is 1. The Balaban J connectivity index is 2.27. The molecular weight excluding hydrogens is 354 g/mol. The van der Waals surface area contributed by atoms with E-state index in [1.165, 1.54) is 0 Å². The van der Waals surface area contributed by atoms with Crippen molar-refractivity contribution in [2.75, 3.05) is 12.8 Å². The van der Waals surface area contributed by atoms with Crippen LogP contribution in [0.25, 0.3) is 11.1 Å². The molecule has 1 aliphatic rings. The van der Waals surface area contributed by atoms with Crippen molar-refractivity contribution in [3.05, 3.63) is 39.5 Å². The minimum Gasteiger partial charge on any atom is -0.496 e. The smallest absolute Gasteiger partial charge is 0.142 e. The Morgan fingerprint density at radius 3 is 2.87 bits per heavy atom. The minimum absolute atomic E-state index is 0.322. The lowest BCUT2D eigenvalue weighted by Crippen LogP contribution is -2.16. The SMILES string of the molecule is COc1ccc(-c2c(C#N)c(N)nc3c2CC(C)CC3)cc1Br. The third-order valence-electron chi connectivity index (χ3n) is 4.39. The first-order valence-corrected chi connectivity index (χ1v) is 8.39. The minimum atomic E-state index is 0.322. The van der Waals surface area contributed by atoms with Crippen molar-refractivity contribution in [1.82, 2.24) is 4.98 Å². The average Bonchev–Trinajstić information content (AvgIpc) is 2.54. The quantitative estimate of drug-likeness (QED) is 0.862. The Labute approximate surface area is 144 Å². The predicted octanol–water partition coefficient (Wildman–Crippen LogP) is 4.10. The second-order valence-electron chi connectivity index (χ2n) is 5.98. The van der Waals surface area contributed by atoms with Gasteiger partial charge in [-0.3, -0.25) is 0 Å². The van der Waals surface area contributed by atoms with Gasteiger partial charge in [0.1, 0.15) is 23.2 Å². The Bertz CT molecular complexity index is 811. The zero-order valence-corrected chi connectivity index (χ0v) is 14.8. The average molecular weight is 372 g/mol. The molecule has 0 saturated carbocycles. The molecule has 2 aromatic rings. The number of ether oxygens (including phenoxy) is 1. The summed E-state index contributed by atoms with van der Waals surface area (Å²) in [6, 6.07) is 8.09. The molecule has 0 saturated heterocycles. The topological polar surface area (TPSA) is 71.9 Å². The molecule has 0 spiro atoms. The van der Waals surface area contributed by atoms with Gasteiger partial charge in [-0.25, -0.2) is 4.98 Å². The van der Waals surface area contributed by atoms with Crippen LogP contribution >= 0.6 is 15.9 Å². The van der Waals surface area contributed by atoms with Gasteiger partial charge in [0.2, 0.25) is 0 Å². The van der Waals surface area contributed by atoms with Crippen LogP contribution in [-0.2, 0) is 12.8 Å². The lowest BCUT2D eigenvalue weighted by Gasteiger charge is -2.25. The number of nitriles is 1. The summed E-state index contributed by atoms with van der Waals surface area (Å²) in [7, 11) is 1.63. The summed E-state index contributed by atoms with van der Waals surface area (Å²) >= 11 is 3.52. The third-order valence-corrected chi connectivity index (χ3v) is 5.01. The van der Waals surface area contributed by atoms with Crippen LogP contribution in [-0.4, -0.2) is 12.1 Å². The first kappa shape index (κ1) is 15.8. The summed E-state index contributed by atoms with van der Waals surface area (Å²) in [6.45, 7) is 2.24. The predicted molar refractivity (Wildman–Crippen MR) is 94.2 cm³/mol. The van der Waals surface area contributed by atoms with Crippen LogP contribution in [0.15, 0.2) is 22.7 Å². The molecule has 0 bridgehead atoms. The molecule has 118 valence electrons. The van der Waals surface area contributed by atoms with Gasteiger partial charge in [0.15, 0.2) is 0 Å². The molecule has 0 radical (unpaired) electrons. The standard InChI is InChI=1S/C18H18BrN3O/c1-10-3-5-15-12(7-10)17(13(9-20)18(21)22-15)11-4-6-16(23-2)14(19)8-11/h4,6,8,10H,3,5,7H2,1-2H3,(H2,21,22). The van der Waals surface area contributed by atoms with Crippen molar-refractivity contribution in [2.24, 2.45) is 5.92 Å². The number of benzene rings is 1. The van der Waals surface area contributed by atoms with Crippen LogP contribution in [0.1, 0.15) is 30.2 Å². The number of aromatic nitrogens is 1. The monoisotopic (exact) mass is 371 g/mol. The van der Waals surface area contributed by atoms with Gasteiger partial charge in [0.05, 0.1) is 11.6 Å². The zero-order chi connectivity index (χ0) is 16.6. The van der Waals surface area contributed by atoms with Gasteiger partial charge in [0, 0.05) is 11.3 Å². The molecule has 2 N–H and O–H groups in total. The van der Waals surface area contributed by atoms with E-state index in [1.807, 2.05) is 18.2 Å². The van der Waals surface area contributed by atoms with Gasteiger partial charge < -0.3 is 10.5 Å². The van der Waals surface area contributed by atoms with Crippen molar-refractivity contribution < 1.29 is 4.74 Å². The number of nitrogens with two attached hydrogens (primary N) is 1. The Morgan fingerprint density at radius 1 is 1.43 bits per heavy atom. The van der Waals surface area contributed by atoms with Crippen LogP contribution in [0.4, 0.5) is 5.82 Å². The fraction of sp³-hybridized carbons (Fsp3) is 0.333. The second kappa shape index (κ2) is 6.21. The summed E-state index contributed by atoms with van der Waals surface area (Å²) in [4.78, 5) is 4.48. The Morgan fingerprint density at radius 2 is 2.22 bits per heavy atom. The van der Waals surface area contributed by atoms with E-state index in [9.17, 15) is 5.26 Å². The number of halogens is 1. The number of rotatable bonds is 2. The van der Waals surface area contributed by atoms with Crippen LogP contribution in [0.5, 0.6) is 5.75 Å². The Kier molecular flexibility index (Phi) is 4.27. The molecule has 1 atom stereocenters. The zero-order valence-electron chi connectivity index (χ0n) is 13.2. The van der Waals surface area contributed by atoms with E-state index in [4.69, 9.17) is 10.5 Å². The summed E-state index contributed by atoms with van der Waals surface area (Å²) < 4.78 is 6.15. The molecule has 1 heterocycles. The first-order valence-electron chi connectivity index (χ1n) is 7.60. The van der Waals surface area contributed by atoms with E-state index < -0.39 is 0 Å². The van der Waals surface area contributed by atoms with Gasteiger partial charge in [-0.2, -0.15) is 5.26 Å². The maximum absolute atomic E-state index is 9.59. The highest BCUT2D eigenvalue weighted by molar-refractivity contribution is 9.10. The second-order valence-corrected chi connectivity index (χ2v) is 6.84. The molecule has 1 aromatic heterocycles. The highest BCUT2D eigenvalue weighted by Crippen LogP contribution is 2.39. The fourth-order valence-corrected chi connectivity index (χ4v) is 3.75. The summed E-state index contributed by atoms with van der Waals surface area (Å²) in [6.07, 6.45) is 2.95. The molecule has 1 aromatic carbocycles. The van der Waals surface area contributed by atoms with Crippen molar-refractivity contribution in [3.63, 3.8) is 0 Å². The van der Waals surface area contributed by atoms with E-state index in [0.717, 1.165) is 51.9 Å². The molecule has 4 nitrogen and oxygen atoms in total. The summed E-state index contributed by atoms with van der Waals surface area (Å²) in [5, 5.41) is 9.59. The molecule has 5 heteroatoms. The molecule has 3 rings (SSSR count). The normalized spacial score (nSPS) is 16.5. The van der Waals surface area contributed by atoms with E-state index >= 15 is 0 Å². The number of pyridine rings is 1. The third kappa shape index (κ3) is 2.79. The van der Waals surface area contributed by atoms with Crippen molar-refractivity contribution in [2.45, 2.75) is 26.2 Å². The first-order chi connectivity index (χ1) is 11.0. The molecule has 0 fully saturated rings. The molecule has 23 heavy (non-hydrogen) atoms. The number of hydrogen-bond donors (Lipinski definition) is 1. The molecule has 1 unspecified atom stereocenters. The highest BCUT2D eigenvalue weighted by atomic mass is 79.9. The van der Waals surface area contributed by atoms with E-state index in [-0.39, 0.29) is 0 Å². The number of methoxy groups -OCH3 is 1. The van der Waals surface area contributed by atoms with Gasteiger partial charge in [-0.1, -0.05) is 13.0 Å². The number of hydrogen-bond acceptors (Lipinski definition) is 4. The molecule has 0 amide bonds. The van der Waals surface area contributed by atoms with Gasteiger partial charge in [-0.05, 0) is 64.4 Å². The number of nitrogens with zero attached hydrogens (tertiary/aromatic N) is 2. The lowest BCUT2D eigenvalue weighted by atomic mass is 9.82. The lowest BCUT2D eigenvalue weighted by molar-refractivity contribution is 0.412. The van der Waals surface area contributed by atoms with E-state index in [0.29, 0.717) is 17.3 Å². The van der Waals surface area contributed by atoms with Gasteiger partial charge in [0.25, 0.3) is 0 Å². The number of aryl methyl sites for hydroxylation is 1. The molecule has 0 aliphatic heterocycles.